The molecule has 1 amide bonds. The number of halogens is 4. The van der Waals surface area contributed by atoms with Crippen molar-refractivity contribution >= 4 is 33.2 Å². The largest absolute Gasteiger partial charge is 0.490 e. The zero-order valence-electron chi connectivity index (χ0n) is 27.8. The van der Waals surface area contributed by atoms with Gasteiger partial charge in [-0.05, 0) is 97.7 Å². The molecule has 1 fully saturated rings. The highest BCUT2D eigenvalue weighted by Crippen LogP contribution is 2.47. The summed E-state index contributed by atoms with van der Waals surface area (Å²) in [5.41, 5.74) is 2.69. The van der Waals surface area contributed by atoms with Crippen molar-refractivity contribution in [3.05, 3.63) is 70.3 Å². The van der Waals surface area contributed by atoms with Crippen LogP contribution in [0, 0.1) is 17.8 Å². The number of carbonyl (C=O) groups is 1. The number of hydrogen-bond donors (Lipinski definition) is 1. The quantitative estimate of drug-likeness (QED) is 0.267. The van der Waals surface area contributed by atoms with Gasteiger partial charge in [0.25, 0.3) is 5.91 Å². The zero-order chi connectivity index (χ0) is 35.0. The summed E-state index contributed by atoms with van der Waals surface area (Å²) in [6, 6.07) is 10.8. The van der Waals surface area contributed by atoms with E-state index in [0.29, 0.717) is 49.4 Å². The van der Waals surface area contributed by atoms with Crippen LogP contribution in [-0.2, 0) is 31.3 Å². The Morgan fingerprint density at radius 3 is 2.69 bits per heavy atom. The van der Waals surface area contributed by atoms with Crippen LogP contribution in [0.4, 0.5) is 18.9 Å². The molecule has 268 valence electrons. The molecular formula is C36H44ClF3N2O6S. The van der Waals surface area contributed by atoms with E-state index in [2.05, 4.69) is 11.0 Å². The van der Waals surface area contributed by atoms with Gasteiger partial charge in [0.05, 0.1) is 43.3 Å². The Hall–Kier alpha value is -2.80. The molecule has 2 heterocycles. The second-order valence-electron chi connectivity index (χ2n) is 14.1. The molecule has 1 spiro atoms. The van der Waals surface area contributed by atoms with Gasteiger partial charge in [-0.3, -0.25) is 4.79 Å². The molecule has 49 heavy (non-hydrogen) atoms. The van der Waals surface area contributed by atoms with Crippen molar-refractivity contribution in [2.45, 2.75) is 74.8 Å². The fourth-order valence-electron chi connectivity index (χ4n) is 8.07. The Bertz CT molecular complexity index is 1670. The summed E-state index contributed by atoms with van der Waals surface area (Å²) < 4.78 is 88.2. The normalized spacial score (nSPS) is 30.6. The summed E-state index contributed by atoms with van der Waals surface area (Å²) in [5.74, 6) is -1.01. The highest BCUT2D eigenvalue weighted by molar-refractivity contribution is 7.90. The molecule has 2 bridgehead atoms. The van der Waals surface area contributed by atoms with Gasteiger partial charge in [0.2, 0.25) is 10.0 Å². The summed E-state index contributed by atoms with van der Waals surface area (Å²) in [4.78, 5) is 15.8. The molecule has 2 aliphatic heterocycles. The van der Waals surface area contributed by atoms with Crippen molar-refractivity contribution in [2.24, 2.45) is 17.8 Å². The van der Waals surface area contributed by atoms with Crippen LogP contribution in [0.15, 0.2) is 48.6 Å². The van der Waals surface area contributed by atoms with Gasteiger partial charge >= 0.3 is 6.18 Å². The number of anilines is 1. The molecule has 2 aromatic rings. The zero-order valence-corrected chi connectivity index (χ0v) is 29.4. The number of allylic oxidation sites excluding steroid dienone is 1. The predicted molar refractivity (Wildman–Crippen MR) is 182 cm³/mol. The van der Waals surface area contributed by atoms with Gasteiger partial charge in [0, 0.05) is 36.2 Å². The van der Waals surface area contributed by atoms with Gasteiger partial charge in [-0.25, -0.2) is 13.1 Å². The molecule has 6 atom stereocenters. The molecule has 8 nitrogen and oxygen atoms in total. The van der Waals surface area contributed by atoms with Gasteiger partial charge in [-0.2, -0.15) is 13.2 Å². The second kappa shape index (κ2) is 14.4. The molecule has 6 rings (SSSR count). The van der Waals surface area contributed by atoms with E-state index in [4.69, 9.17) is 25.8 Å². The standard InChI is InChI=1S/C36H44ClF3N2O6S/c1-23-5-3-7-31(47-16-15-46-2)28-11-8-26(28)20-42-21-35(14-4-6-24-17-27(37)10-12-29(24)35)22-48-32-13-9-25(18-30(32)42)34(43)41-49(44,45)33(23)19-36(38,39)40/h3,7,9-10,12-13,17-18,23,26,28,31,33H,4-6,8,11,14-16,19-22H2,1-2H3,(H,41,43)/b7-3-/t23-,26-,28+,31+,33-,35-/m0/s1. The van der Waals surface area contributed by atoms with Crippen molar-refractivity contribution in [1.29, 1.82) is 0 Å². The maximum absolute atomic E-state index is 13.7. The number of sulfonamides is 1. The molecule has 2 aliphatic carbocycles. The minimum Gasteiger partial charge on any atom is -0.490 e. The summed E-state index contributed by atoms with van der Waals surface area (Å²) in [5, 5.41) is -1.19. The van der Waals surface area contributed by atoms with E-state index in [1.807, 2.05) is 22.9 Å². The fraction of sp³-hybridized carbons (Fsp3) is 0.583. The van der Waals surface area contributed by atoms with Crippen LogP contribution < -0.4 is 14.4 Å². The minimum atomic E-state index is -4.76. The van der Waals surface area contributed by atoms with Crippen LogP contribution in [0.3, 0.4) is 0 Å². The molecule has 0 radical (unpaired) electrons. The van der Waals surface area contributed by atoms with Gasteiger partial charge in [-0.15, -0.1) is 0 Å². The number of ether oxygens (including phenoxy) is 3. The molecule has 13 heteroatoms. The van der Waals surface area contributed by atoms with Crippen LogP contribution in [0.5, 0.6) is 5.75 Å². The van der Waals surface area contributed by atoms with Crippen molar-refractivity contribution in [1.82, 2.24) is 4.72 Å². The second-order valence-corrected chi connectivity index (χ2v) is 16.4. The average molecular weight is 725 g/mol. The van der Waals surface area contributed by atoms with Gasteiger partial charge in [0.15, 0.2) is 0 Å². The van der Waals surface area contributed by atoms with Crippen molar-refractivity contribution in [3.8, 4) is 5.75 Å². The lowest BCUT2D eigenvalue weighted by Gasteiger charge is -2.46. The lowest BCUT2D eigenvalue weighted by molar-refractivity contribution is -0.136. The summed E-state index contributed by atoms with van der Waals surface area (Å²) in [6.45, 7) is 3.84. The Kier molecular flexibility index (Phi) is 10.6. The smallest absolute Gasteiger partial charge is 0.390 e. The number of nitrogens with one attached hydrogen (secondary N) is 1. The number of alkyl halides is 3. The monoisotopic (exact) mass is 724 g/mol. The third-order valence-corrected chi connectivity index (χ3v) is 12.9. The van der Waals surface area contributed by atoms with Crippen molar-refractivity contribution < 1.29 is 40.6 Å². The van der Waals surface area contributed by atoms with Crippen LogP contribution in [-0.4, -0.2) is 71.9 Å². The van der Waals surface area contributed by atoms with E-state index in [9.17, 15) is 26.4 Å². The Morgan fingerprint density at radius 1 is 1.14 bits per heavy atom. The van der Waals surface area contributed by atoms with Crippen LogP contribution in [0.1, 0.15) is 66.9 Å². The van der Waals surface area contributed by atoms with Crippen molar-refractivity contribution in [3.63, 3.8) is 0 Å². The number of aryl methyl sites for hydroxylation is 1. The number of fused-ring (bicyclic) bond motifs is 4. The summed E-state index contributed by atoms with van der Waals surface area (Å²) >= 11 is 6.40. The van der Waals surface area contributed by atoms with Gasteiger partial charge < -0.3 is 19.1 Å². The topological polar surface area (TPSA) is 94.2 Å². The van der Waals surface area contributed by atoms with Gasteiger partial charge in [0.1, 0.15) is 5.75 Å². The molecule has 0 unspecified atom stereocenters. The summed E-state index contributed by atoms with van der Waals surface area (Å²) in [6.07, 6.45) is 1.60. The van der Waals surface area contributed by atoms with E-state index in [0.717, 1.165) is 32.1 Å². The molecule has 4 aliphatic rings. The first-order valence-electron chi connectivity index (χ1n) is 17.0. The molecule has 1 N–H and O–H groups in total. The Labute approximate surface area is 291 Å². The number of amides is 1. The van der Waals surface area contributed by atoms with Gasteiger partial charge in [-0.1, -0.05) is 36.7 Å². The number of carbonyl (C=O) groups excluding carboxylic acids is 1. The maximum Gasteiger partial charge on any atom is 0.390 e. The number of rotatable bonds is 5. The maximum atomic E-state index is 13.7. The Balaban J connectivity index is 1.42. The first-order valence-corrected chi connectivity index (χ1v) is 18.9. The molecule has 0 aromatic heterocycles. The van der Waals surface area contributed by atoms with E-state index < -0.39 is 39.7 Å². The molecule has 0 saturated heterocycles. The summed E-state index contributed by atoms with van der Waals surface area (Å²) in [7, 11) is -3.14. The van der Waals surface area contributed by atoms with E-state index in [1.54, 1.807) is 25.3 Å². The number of hydrogen-bond acceptors (Lipinski definition) is 7. The average Bonchev–Trinajstić information content (AvgIpc) is 3.17. The van der Waals surface area contributed by atoms with Crippen molar-refractivity contribution in [2.75, 3.05) is 44.9 Å². The predicted octanol–water partition coefficient (Wildman–Crippen LogP) is 6.85. The SMILES string of the molecule is COCCO[C@@H]1/C=C\C[C@H](C)[C@H](CC(F)(F)F)S(=O)(=O)NC(=O)c2ccc3c(c2)N(C[C@@H]2CC[C@H]21)C[C@@]1(CCCc2cc(Cl)ccc21)CO3. The lowest BCUT2D eigenvalue weighted by atomic mass is 9.68. The van der Waals surface area contributed by atoms with Crippen LogP contribution >= 0.6 is 11.6 Å². The third-order valence-electron chi connectivity index (χ3n) is 10.8. The number of methoxy groups -OCH3 is 1. The third kappa shape index (κ3) is 7.92. The highest BCUT2D eigenvalue weighted by atomic mass is 35.5. The molecular weight excluding hydrogens is 681 g/mol. The number of benzene rings is 2. The minimum absolute atomic E-state index is 0.0269. The number of nitrogens with zero attached hydrogens (tertiary/aromatic N) is 1. The lowest BCUT2D eigenvalue weighted by Crippen LogP contribution is -2.49. The van der Waals surface area contributed by atoms with E-state index >= 15 is 0 Å². The first kappa shape index (κ1) is 36.0. The van der Waals surface area contributed by atoms with E-state index in [-0.39, 0.29) is 35.3 Å². The molecule has 1 saturated carbocycles. The molecule has 2 aromatic carbocycles. The van der Waals surface area contributed by atoms with Crippen LogP contribution in [0.2, 0.25) is 5.02 Å². The van der Waals surface area contributed by atoms with E-state index in [1.165, 1.54) is 24.1 Å². The first-order chi connectivity index (χ1) is 23.3. The fourth-order valence-corrected chi connectivity index (χ4v) is 9.92. The highest BCUT2D eigenvalue weighted by Gasteiger charge is 2.45. The Morgan fingerprint density at radius 2 is 1.96 bits per heavy atom. The van der Waals surface area contributed by atoms with Crippen LogP contribution in [0.25, 0.3) is 0 Å².